The van der Waals surface area contributed by atoms with Crippen LogP contribution in [0.3, 0.4) is 0 Å². The average Bonchev–Trinajstić information content (AvgIpc) is 2.99. The highest BCUT2D eigenvalue weighted by Crippen LogP contribution is 2.55. The Hall–Kier alpha value is -2.37. The quantitative estimate of drug-likeness (QED) is 0.411. The van der Waals surface area contributed by atoms with E-state index in [9.17, 15) is 19.8 Å². The van der Waals surface area contributed by atoms with E-state index in [1.165, 1.54) is 24.9 Å². The molecule has 2 fully saturated rings. The number of thioether (sulfide) groups is 1. The normalized spacial score (nSPS) is 34.2. The first-order valence-electron chi connectivity index (χ1n) is 9.40. The molecule has 1 aromatic carbocycles. The number of aliphatic hydroxyl groups excluding tert-OH is 1. The third-order valence-electron chi connectivity index (χ3n) is 5.86. The number of benzene rings is 1. The van der Waals surface area contributed by atoms with E-state index < -0.39 is 39.5 Å². The van der Waals surface area contributed by atoms with Crippen molar-refractivity contribution in [2.24, 2.45) is 0 Å². The fraction of sp³-hybridized carbons (Fsp3) is 0.400. The van der Waals surface area contributed by atoms with Crippen molar-refractivity contribution in [2.45, 2.75) is 41.3 Å². The molecule has 1 aliphatic carbocycles. The molecule has 0 unspecified atom stereocenters. The number of hydrogen-bond donors (Lipinski definition) is 4. The summed E-state index contributed by atoms with van der Waals surface area (Å²) in [5, 5.41) is 23.9. The Morgan fingerprint density at radius 1 is 1.40 bits per heavy atom. The first-order valence-corrected chi connectivity index (χ1v) is 10.3. The zero-order chi connectivity index (χ0) is 21.3. The monoisotopic (exact) mass is 432 g/mol. The minimum absolute atomic E-state index is 0.0131. The molecule has 5 rings (SSSR count). The SMILES string of the molecule is COc1c(C)ccc2cc(NC(=O)[C@@]34C[C@]5(O)[C@@H](C=C[C@@H](O)[C@@H]5ON3)S4)c(=O)oc12. The van der Waals surface area contributed by atoms with Crippen molar-refractivity contribution >= 4 is 34.3 Å². The van der Waals surface area contributed by atoms with E-state index in [2.05, 4.69) is 10.8 Å². The zero-order valence-electron chi connectivity index (χ0n) is 16.2. The summed E-state index contributed by atoms with van der Waals surface area (Å²) in [6.07, 6.45) is 1.37. The highest BCUT2D eigenvalue weighted by molar-refractivity contribution is 8.02. The second-order valence-electron chi connectivity index (χ2n) is 7.79. The predicted octanol–water partition coefficient (Wildman–Crippen LogP) is 0.816. The Balaban J connectivity index is 1.47. The van der Waals surface area contributed by atoms with Crippen LogP contribution in [0.4, 0.5) is 5.69 Å². The smallest absolute Gasteiger partial charge is 0.360 e. The third-order valence-corrected chi connectivity index (χ3v) is 7.50. The average molecular weight is 432 g/mol. The van der Waals surface area contributed by atoms with Gasteiger partial charge in [-0.3, -0.25) is 9.63 Å². The van der Waals surface area contributed by atoms with E-state index in [1.807, 2.05) is 13.0 Å². The van der Waals surface area contributed by atoms with E-state index in [-0.39, 0.29) is 12.1 Å². The minimum Gasteiger partial charge on any atom is -0.493 e. The molecule has 5 atom stereocenters. The van der Waals surface area contributed by atoms with Gasteiger partial charge in [0, 0.05) is 11.8 Å². The second-order valence-corrected chi connectivity index (χ2v) is 9.23. The summed E-state index contributed by atoms with van der Waals surface area (Å²) in [6, 6.07) is 5.12. The number of fused-ring (bicyclic) bond motifs is 2. The first kappa shape index (κ1) is 19.6. The van der Waals surface area contributed by atoms with Crippen molar-refractivity contribution in [3.8, 4) is 5.75 Å². The topological polar surface area (TPSA) is 130 Å². The molecule has 1 aromatic heterocycles. The van der Waals surface area contributed by atoms with Crippen molar-refractivity contribution in [3.05, 3.63) is 46.3 Å². The molecule has 9 nitrogen and oxygen atoms in total. The summed E-state index contributed by atoms with van der Waals surface area (Å²) in [7, 11) is 1.49. The second kappa shape index (κ2) is 6.56. The molecule has 30 heavy (non-hydrogen) atoms. The molecule has 2 saturated heterocycles. The van der Waals surface area contributed by atoms with Gasteiger partial charge >= 0.3 is 5.63 Å². The summed E-state index contributed by atoms with van der Waals surface area (Å²) in [6.45, 7) is 1.84. The number of ether oxygens (including phenoxy) is 1. The molecule has 3 aliphatic rings. The minimum atomic E-state index is -1.40. The summed E-state index contributed by atoms with van der Waals surface area (Å²) in [5.74, 6) is -0.0974. The van der Waals surface area contributed by atoms with E-state index in [4.69, 9.17) is 14.0 Å². The lowest BCUT2D eigenvalue weighted by molar-refractivity contribution is -0.216. The molecule has 0 radical (unpaired) electrons. The molecule has 2 aliphatic heterocycles. The highest BCUT2D eigenvalue weighted by Gasteiger charge is 2.67. The number of carbonyl (C=O) groups is 1. The number of hydrogen-bond acceptors (Lipinski definition) is 9. The standard InChI is InChI=1S/C20H20N2O7S/c1-9-3-4-10-7-11(17(24)28-15(10)14(9)27-2)21-18(25)20-8-19(26)13(30-20)6-5-12(23)16(19)29-22-20/h3-7,12-13,16,22-23,26H,8H2,1-2H3,(H,21,25)/t12-,13-,16+,19+,20+/m1/s1. The van der Waals surface area contributed by atoms with Crippen LogP contribution in [0.2, 0.25) is 0 Å². The molecule has 0 spiro atoms. The van der Waals surface area contributed by atoms with Crippen LogP contribution in [-0.2, 0) is 9.63 Å². The van der Waals surface area contributed by atoms with E-state index in [0.29, 0.717) is 16.7 Å². The lowest BCUT2D eigenvalue weighted by Crippen LogP contribution is -2.65. The number of rotatable bonds is 3. The molecule has 158 valence electrons. The van der Waals surface area contributed by atoms with Crippen molar-refractivity contribution < 1.29 is 29.0 Å². The van der Waals surface area contributed by atoms with Crippen LogP contribution in [0.1, 0.15) is 12.0 Å². The Kier molecular flexibility index (Phi) is 4.28. The molecule has 1 amide bonds. The molecular weight excluding hydrogens is 412 g/mol. The summed E-state index contributed by atoms with van der Waals surface area (Å²) >= 11 is 1.18. The highest BCUT2D eigenvalue weighted by atomic mass is 32.2. The van der Waals surface area contributed by atoms with Crippen LogP contribution >= 0.6 is 11.8 Å². The predicted molar refractivity (Wildman–Crippen MR) is 109 cm³/mol. The van der Waals surface area contributed by atoms with Crippen molar-refractivity contribution in [1.82, 2.24) is 5.48 Å². The van der Waals surface area contributed by atoms with Crippen LogP contribution in [0.15, 0.2) is 39.6 Å². The van der Waals surface area contributed by atoms with Crippen LogP contribution in [0, 0.1) is 6.92 Å². The fourth-order valence-electron chi connectivity index (χ4n) is 4.33. The Morgan fingerprint density at radius 3 is 2.97 bits per heavy atom. The number of nitrogens with one attached hydrogen (secondary N) is 2. The largest absolute Gasteiger partial charge is 0.493 e. The molecule has 2 bridgehead atoms. The molecular formula is C20H20N2O7S. The van der Waals surface area contributed by atoms with Gasteiger partial charge in [-0.05, 0) is 18.6 Å². The summed E-state index contributed by atoms with van der Waals surface area (Å²) < 4.78 is 10.7. The molecule has 10 heteroatoms. The number of aryl methyl sites for hydroxylation is 1. The van der Waals surface area contributed by atoms with Gasteiger partial charge in [-0.2, -0.15) is 5.48 Å². The number of hydroxylamine groups is 1. The van der Waals surface area contributed by atoms with Crippen LogP contribution in [0.25, 0.3) is 11.0 Å². The number of carbonyl (C=O) groups excluding carboxylic acids is 1. The van der Waals surface area contributed by atoms with Gasteiger partial charge in [0.2, 0.25) is 0 Å². The summed E-state index contributed by atoms with van der Waals surface area (Å²) in [4.78, 5) is 29.8. The van der Waals surface area contributed by atoms with Gasteiger partial charge in [-0.25, -0.2) is 4.79 Å². The zero-order valence-corrected chi connectivity index (χ0v) is 17.0. The van der Waals surface area contributed by atoms with Gasteiger partial charge in [0.05, 0.1) is 12.4 Å². The molecule has 0 saturated carbocycles. The van der Waals surface area contributed by atoms with Gasteiger partial charge in [-0.1, -0.05) is 24.3 Å². The van der Waals surface area contributed by atoms with Crippen LogP contribution < -0.4 is 21.2 Å². The van der Waals surface area contributed by atoms with E-state index in [0.717, 1.165) is 5.56 Å². The van der Waals surface area contributed by atoms with Gasteiger partial charge in [0.25, 0.3) is 5.91 Å². The number of methoxy groups -OCH3 is 1. The lowest BCUT2D eigenvalue weighted by Gasteiger charge is -2.43. The number of aliphatic hydroxyl groups is 2. The van der Waals surface area contributed by atoms with E-state index >= 15 is 0 Å². The van der Waals surface area contributed by atoms with Crippen molar-refractivity contribution in [2.75, 3.05) is 12.4 Å². The Morgan fingerprint density at radius 2 is 2.20 bits per heavy atom. The number of amides is 1. The van der Waals surface area contributed by atoms with Crippen LogP contribution in [0.5, 0.6) is 5.75 Å². The van der Waals surface area contributed by atoms with Crippen molar-refractivity contribution in [1.29, 1.82) is 0 Å². The molecule has 3 heterocycles. The number of anilines is 1. The maximum absolute atomic E-state index is 13.1. The van der Waals surface area contributed by atoms with Crippen molar-refractivity contribution in [3.63, 3.8) is 0 Å². The summed E-state index contributed by atoms with van der Waals surface area (Å²) in [5.41, 5.74) is 1.65. The maximum atomic E-state index is 13.1. The molecule has 2 aromatic rings. The lowest BCUT2D eigenvalue weighted by atomic mass is 9.79. The molecule has 4 N–H and O–H groups in total. The van der Waals surface area contributed by atoms with Gasteiger partial charge in [0.1, 0.15) is 23.5 Å². The maximum Gasteiger partial charge on any atom is 0.360 e. The van der Waals surface area contributed by atoms with Gasteiger partial charge < -0.3 is 24.7 Å². The van der Waals surface area contributed by atoms with Crippen LogP contribution in [-0.4, -0.2) is 51.2 Å². The van der Waals surface area contributed by atoms with E-state index in [1.54, 1.807) is 18.2 Å². The Bertz CT molecular complexity index is 1150. The Labute approximate surface area is 175 Å². The fourth-order valence-corrected chi connectivity index (χ4v) is 5.92. The third kappa shape index (κ3) is 2.65. The first-order chi connectivity index (χ1) is 14.3. The van der Waals surface area contributed by atoms with Gasteiger partial charge in [-0.15, -0.1) is 11.8 Å². The van der Waals surface area contributed by atoms with Gasteiger partial charge in [0.15, 0.2) is 16.2 Å².